The van der Waals surface area contributed by atoms with Crippen LogP contribution < -0.4 is 9.50 Å². The Bertz CT molecular complexity index is 961. The summed E-state index contributed by atoms with van der Waals surface area (Å²) < 4.78 is 40.5. The lowest BCUT2D eigenvalue weighted by atomic mass is 10.1. The summed E-state index contributed by atoms with van der Waals surface area (Å²) in [5.74, 6) is -1.16. The van der Waals surface area contributed by atoms with Crippen molar-refractivity contribution in [3.05, 3.63) is 28.9 Å². The van der Waals surface area contributed by atoms with Gasteiger partial charge < -0.3 is 4.18 Å². The van der Waals surface area contributed by atoms with Crippen LogP contribution in [0.2, 0.25) is 0 Å². The SMILES string of the molecule is O=C1CCC(n2cc(-c3ccc(Br)cc3OS(=O)(=O)F)nn2)C(=O)N1. The molecule has 25 heavy (non-hydrogen) atoms. The largest absolute Gasteiger partial charge is 0.488 e. The molecule has 1 saturated heterocycles. The van der Waals surface area contributed by atoms with Gasteiger partial charge in [-0.25, -0.2) is 4.68 Å². The quantitative estimate of drug-likeness (QED) is 0.570. The Balaban J connectivity index is 1.95. The number of carbonyl (C=O) groups excluding carboxylic acids is 2. The fraction of sp³-hybridized carbons (Fsp3) is 0.231. The van der Waals surface area contributed by atoms with Crippen molar-refractivity contribution in [2.24, 2.45) is 0 Å². The van der Waals surface area contributed by atoms with Gasteiger partial charge in [-0.05, 0) is 24.6 Å². The number of rotatable bonds is 4. The van der Waals surface area contributed by atoms with Gasteiger partial charge in [0.25, 0.3) is 5.91 Å². The molecule has 0 radical (unpaired) electrons. The topological polar surface area (TPSA) is 120 Å². The molecular formula is C13H10BrFN4O5S. The number of nitrogens with one attached hydrogen (secondary N) is 1. The van der Waals surface area contributed by atoms with Gasteiger partial charge in [0.05, 0.1) is 6.20 Å². The van der Waals surface area contributed by atoms with Gasteiger partial charge in [0.15, 0.2) is 5.75 Å². The van der Waals surface area contributed by atoms with Crippen molar-refractivity contribution < 1.29 is 26.1 Å². The van der Waals surface area contributed by atoms with Gasteiger partial charge in [-0.15, -0.1) is 5.10 Å². The standard InChI is InChI=1S/C13H10BrFN4O5S/c14-7-1-2-8(11(5-7)24-25(15,22)23)9-6-19(18-17-9)10-3-4-12(20)16-13(10)21/h1-2,5-6,10H,3-4H2,(H,16,20,21). The molecule has 1 N–H and O–H groups in total. The molecule has 1 atom stereocenters. The summed E-state index contributed by atoms with van der Waals surface area (Å²) >= 11 is 3.13. The molecule has 1 aliphatic rings. The van der Waals surface area contributed by atoms with Gasteiger partial charge in [-0.1, -0.05) is 25.0 Å². The predicted octanol–water partition coefficient (Wildman–Crippen LogP) is 1.28. The molecule has 1 unspecified atom stereocenters. The van der Waals surface area contributed by atoms with Crippen molar-refractivity contribution in [2.75, 3.05) is 0 Å². The summed E-state index contributed by atoms with van der Waals surface area (Å²) in [6.45, 7) is 0. The lowest BCUT2D eigenvalue weighted by Crippen LogP contribution is -2.41. The van der Waals surface area contributed by atoms with E-state index in [0.29, 0.717) is 4.47 Å². The van der Waals surface area contributed by atoms with Gasteiger partial charge in [0, 0.05) is 16.5 Å². The van der Waals surface area contributed by atoms with Crippen LogP contribution in [0.1, 0.15) is 18.9 Å². The van der Waals surface area contributed by atoms with Crippen LogP contribution in [0.25, 0.3) is 11.3 Å². The molecule has 0 bridgehead atoms. The maximum Gasteiger partial charge on any atom is 0.488 e. The van der Waals surface area contributed by atoms with E-state index in [1.807, 2.05) is 0 Å². The van der Waals surface area contributed by atoms with E-state index >= 15 is 0 Å². The predicted molar refractivity (Wildman–Crippen MR) is 85.2 cm³/mol. The molecule has 0 spiro atoms. The Morgan fingerprint density at radius 2 is 2.12 bits per heavy atom. The number of nitrogens with zero attached hydrogens (tertiary/aromatic N) is 3. The van der Waals surface area contributed by atoms with Crippen molar-refractivity contribution in [3.8, 4) is 17.0 Å². The van der Waals surface area contributed by atoms with Crippen LogP contribution in [0.15, 0.2) is 28.9 Å². The Kier molecular flexibility index (Phi) is 4.56. The van der Waals surface area contributed by atoms with Gasteiger partial charge in [-0.3, -0.25) is 14.9 Å². The average Bonchev–Trinajstić information content (AvgIpc) is 2.95. The molecule has 3 rings (SSSR count). The molecule has 132 valence electrons. The lowest BCUT2D eigenvalue weighted by Gasteiger charge is -2.20. The normalized spacial score (nSPS) is 18.1. The third-order valence-electron chi connectivity index (χ3n) is 3.45. The Labute approximate surface area is 149 Å². The van der Waals surface area contributed by atoms with Crippen LogP contribution in [0.4, 0.5) is 3.89 Å². The van der Waals surface area contributed by atoms with Crippen LogP contribution in [0.5, 0.6) is 5.75 Å². The molecule has 0 saturated carbocycles. The highest BCUT2D eigenvalue weighted by Crippen LogP contribution is 2.33. The van der Waals surface area contributed by atoms with Crippen LogP contribution in [-0.2, 0) is 20.1 Å². The van der Waals surface area contributed by atoms with Crippen LogP contribution in [-0.4, -0.2) is 35.2 Å². The van der Waals surface area contributed by atoms with Crippen molar-refractivity contribution >= 4 is 38.2 Å². The van der Waals surface area contributed by atoms with E-state index in [2.05, 4.69) is 35.7 Å². The minimum Gasteiger partial charge on any atom is -0.358 e. The molecule has 9 nitrogen and oxygen atoms in total. The molecule has 1 fully saturated rings. The zero-order chi connectivity index (χ0) is 18.2. The van der Waals surface area contributed by atoms with Gasteiger partial charge >= 0.3 is 10.5 Å². The number of benzene rings is 1. The summed E-state index contributed by atoms with van der Waals surface area (Å²) in [4.78, 5) is 23.1. The first-order valence-electron chi connectivity index (χ1n) is 6.92. The number of piperidine rings is 1. The fourth-order valence-electron chi connectivity index (χ4n) is 2.37. The monoisotopic (exact) mass is 432 g/mol. The number of amides is 2. The Morgan fingerprint density at radius 3 is 2.80 bits per heavy atom. The van der Waals surface area contributed by atoms with Crippen LogP contribution in [0.3, 0.4) is 0 Å². The van der Waals surface area contributed by atoms with Crippen molar-refractivity contribution in [1.82, 2.24) is 20.3 Å². The van der Waals surface area contributed by atoms with E-state index in [0.717, 1.165) is 0 Å². The van der Waals surface area contributed by atoms with E-state index < -0.39 is 22.5 Å². The fourth-order valence-corrected chi connectivity index (χ4v) is 3.06. The average molecular weight is 433 g/mol. The van der Waals surface area contributed by atoms with Crippen LogP contribution in [0, 0.1) is 0 Å². The Hall–Kier alpha value is -2.34. The summed E-state index contributed by atoms with van der Waals surface area (Å²) in [5, 5.41) is 9.91. The number of imide groups is 1. The molecule has 1 aromatic heterocycles. The van der Waals surface area contributed by atoms with E-state index in [1.54, 1.807) is 6.07 Å². The van der Waals surface area contributed by atoms with E-state index in [-0.39, 0.29) is 35.8 Å². The number of aromatic nitrogens is 3. The Morgan fingerprint density at radius 1 is 1.36 bits per heavy atom. The van der Waals surface area contributed by atoms with Gasteiger partial charge in [0.1, 0.15) is 11.7 Å². The second kappa shape index (κ2) is 6.52. The minimum absolute atomic E-state index is 0.165. The summed E-state index contributed by atoms with van der Waals surface area (Å²) in [6.07, 6.45) is 1.81. The number of halogens is 2. The molecule has 2 amide bonds. The molecule has 0 aliphatic carbocycles. The van der Waals surface area contributed by atoms with Crippen molar-refractivity contribution in [3.63, 3.8) is 0 Å². The number of hydrogen-bond donors (Lipinski definition) is 1. The van der Waals surface area contributed by atoms with E-state index in [9.17, 15) is 21.9 Å². The third-order valence-corrected chi connectivity index (χ3v) is 4.32. The molecule has 2 heterocycles. The van der Waals surface area contributed by atoms with E-state index in [1.165, 1.54) is 23.0 Å². The molecule has 12 heteroatoms. The molecule has 1 aromatic carbocycles. The minimum atomic E-state index is -5.23. The number of hydrogen-bond acceptors (Lipinski definition) is 7. The van der Waals surface area contributed by atoms with Crippen LogP contribution >= 0.6 is 15.9 Å². The van der Waals surface area contributed by atoms with Crippen molar-refractivity contribution in [2.45, 2.75) is 18.9 Å². The first kappa shape index (κ1) is 17.5. The highest BCUT2D eigenvalue weighted by atomic mass is 79.9. The van der Waals surface area contributed by atoms with E-state index in [4.69, 9.17) is 0 Å². The number of carbonyl (C=O) groups is 2. The summed E-state index contributed by atoms with van der Waals surface area (Å²) in [6, 6.07) is 3.59. The highest BCUT2D eigenvalue weighted by molar-refractivity contribution is 9.10. The van der Waals surface area contributed by atoms with Gasteiger partial charge in [-0.2, -0.15) is 8.42 Å². The second-order valence-electron chi connectivity index (χ2n) is 5.17. The highest BCUT2D eigenvalue weighted by Gasteiger charge is 2.29. The lowest BCUT2D eigenvalue weighted by molar-refractivity contribution is -0.136. The molecular weight excluding hydrogens is 423 g/mol. The third kappa shape index (κ3) is 4.02. The second-order valence-corrected chi connectivity index (χ2v) is 7.04. The van der Waals surface area contributed by atoms with Crippen molar-refractivity contribution in [1.29, 1.82) is 0 Å². The summed E-state index contributed by atoms with van der Waals surface area (Å²) in [7, 11) is -5.23. The molecule has 2 aromatic rings. The maximum absolute atomic E-state index is 12.9. The first-order chi connectivity index (χ1) is 11.7. The maximum atomic E-state index is 12.9. The zero-order valence-corrected chi connectivity index (χ0v) is 14.8. The summed E-state index contributed by atoms with van der Waals surface area (Å²) in [5.41, 5.74) is 0.346. The van der Waals surface area contributed by atoms with Gasteiger partial charge in [0.2, 0.25) is 5.91 Å². The smallest absolute Gasteiger partial charge is 0.358 e. The zero-order valence-electron chi connectivity index (χ0n) is 12.3. The molecule has 1 aliphatic heterocycles. The first-order valence-corrected chi connectivity index (χ1v) is 9.02.